The summed E-state index contributed by atoms with van der Waals surface area (Å²) < 4.78 is 29.3. The maximum Gasteiger partial charge on any atom is 0.339 e. The average Bonchev–Trinajstić information content (AvgIpc) is 2.71. The van der Waals surface area contributed by atoms with Crippen molar-refractivity contribution in [3.8, 4) is 6.07 Å². The lowest BCUT2D eigenvalue weighted by atomic mass is 9.81. The third-order valence-corrected chi connectivity index (χ3v) is 6.84. The zero-order valence-corrected chi connectivity index (χ0v) is 16.4. The van der Waals surface area contributed by atoms with Crippen LogP contribution in [0.15, 0.2) is 29.2 Å². The van der Waals surface area contributed by atoms with Crippen molar-refractivity contribution in [1.82, 2.24) is 4.90 Å². The van der Waals surface area contributed by atoms with Gasteiger partial charge in [-0.1, -0.05) is 38.3 Å². The van der Waals surface area contributed by atoms with Crippen LogP contribution >= 0.6 is 0 Å². The first-order chi connectivity index (χ1) is 12.8. The summed E-state index contributed by atoms with van der Waals surface area (Å²) in [6, 6.07) is 8.00. The van der Waals surface area contributed by atoms with Crippen LogP contribution in [0.1, 0.15) is 49.4 Å². The van der Waals surface area contributed by atoms with Gasteiger partial charge in [0.15, 0.2) is 16.4 Å². The summed E-state index contributed by atoms with van der Waals surface area (Å²) in [4.78, 5) is 26.1. The Morgan fingerprint density at radius 2 is 1.85 bits per heavy atom. The number of carbonyl (C=O) groups excluding carboxylic acids is 2. The van der Waals surface area contributed by atoms with Crippen molar-refractivity contribution in [2.75, 3.05) is 19.4 Å². The van der Waals surface area contributed by atoms with E-state index >= 15 is 0 Å². The zero-order chi connectivity index (χ0) is 20.1. The van der Waals surface area contributed by atoms with Crippen LogP contribution in [-0.2, 0) is 19.4 Å². The molecule has 0 heterocycles. The van der Waals surface area contributed by atoms with Gasteiger partial charge in [-0.2, -0.15) is 5.26 Å². The van der Waals surface area contributed by atoms with Gasteiger partial charge in [-0.15, -0.1) is 0 Å². The van der Waals surface area contributed by atoms with E-state index in [0.29, 0.717) is 12.8 Å². The van der Waals surface area contributed by atoms with Crippen LogP contribution < -0.4 is 0 Å². The minimum Gasteiger partial charge on any atom is -0.452 e. The monoisotopic (exact) mass is 392 g/mol. The molecule has 1 aliphatic carbocycles. The Hall–Kier alpha value is -2.40. The van der Waals surface area contributed by atoms with Crippen molar-refractivity contribution in [2.24, 2.45) is 0 Å². The number of rotatable bonds is 6. The first-order valence-corrected chi connectivity index (χ1v) is 10.6. The van der Waals surface area contributed by atoms with Gasteiger partial charge < -0.3 is 9.64 Å². The summed E-state index contributed by atoms with van der Waals surface area (Å²) in [5.41, 5.74) is -0.965. The first kappa shape index (κ1) is 20.9. The Balaban J connectivity index is 2.10. The molecule has 1 fully saturated rings. The minimum atomic E-state index is -3.60. The summed E-state index contributed by atoms with van der Waals surface area (Å²) in [6.07, 6.45) is 3.96. The number of sulfone groups is 1. The van der Waals surface area contributed by atoms with E-state index in [-0.39, 0.29) is 16.2 Å². The van der Waals surface area contributed by atoms with E-state index in [2.05, 4.69) is 6.07 Å². The highest BCUT2D eigenvalue weighted by atomic mass is 32.2. The Morgan fingerprint density at radius 1 is 1.22 bits per heavy atom. The quantitative estimate of drug-likeness (QED) is 0.688. The van der Waals surface area contributed by atoms with Gasteiger partial charge in [-0.3, -0.25) is 4.79 Å². The number of likely N-dealkylation sites (N-methyl/N-ethyl adjacent to an activating group) is 1. The molecule has 27 heavy (non-hydrogen) atoms. The molecule has 0 bridgehead atoms. The number of hydrogen-bond donors (Lipinski definition) is 0. The number of esters is 1. The standard InChI is InChI=1S/C19H24N2O5S/c1-3-27(24,25)16-10-6-5-9-15(16)18(23)26-13-17(22)21(2)19(14-20)11-7-4-8-12-19/h5-6,9-10H,3-4,7-8,11-13H2,1-2H3. The van der Waals surface area contributed by atoms with Crippen LogP contribution in [-0.4, -0.2) is 50.1 Å². The number of carbonyl (C=O) groups is 2. The molecule has 146 valence electrons. The predicted octanol–water partition coefficient (Wildman–Crippen LogP) is 2.32. The molecule has 0 aromatic heterocycles. The van der Waals surface area contributed by atoms with E-state index in [4.69, 9.17) is 4.74 Å². The molecule has 1 amide bonds. The van der Waals surface area contributed by atoms with E-state index in [9.17, 15) is 23.3 Å². The number of nitrogens with zero attached hydrogens (tertiary/aromatic N) is 2. The number of nitriles is 1. The summed E-state index contributed by atoms with van der Waals surface area (Å²) in [5.74, 6) is -1.51. The van der Waals surface area contributed by atoms with Crippen LogP contribution in [0.4, 0.5) is 0 Å². The Labute approximate surface area is 159 Å². The second-order valence-electron chi connectivity index (χ2n) is 6.63. The van der Waals surface area contributed by atoms with Crippen LogP contribution in [0.2, 0.25) is 0 Å². The van der Waals surface area contributed by atoms with Crippen molar-refractivity contribution in [3.05, 3.63) is 29.8 Å². The van der Waals surface area contributed by atoms with Gasteiger partial charge in [0.25, 0.3) is 5.91 Å². The molecular formula is C19H24N2O5S. The molecule has 2 rings (SSSR count). The molecule has 1 saturated carbocycles. The summed E-state index contributed by atoms with van der Waals surface area (Å²) in [7, 11) is -2.06. The SMILES string of the molecule is CCS(=O)(=O)c1ccccc1C(=O)OCC(=O)N(C)C1(C#N)CCCCC1. The van der Waals surface area contributed by atoms with Crippen LogP contribution in [0.5, 0.6) is 0 Å². The fourth-order valence-electron chi connectivity index (χ4n) is 3.26. The van der Waals surface area contributed by atoms with Crippen molar-refractivity contribution in [1.29, 1.82) is 5.26 Å². The maximum absolute atomic E-state index is 12.5. The molecule has 0 spiro atoms. The molecule has 1 aromatic rings. The fraction of sp³-hybridized carbons (Fsp3) is 0.526. The number of benzene rings is 1. The van der Waals surface area contributed by atoms with Gasteiger partial charge in [0, 0.05) is 7.05 Å². The van der Waals surface area contributed by atoms with E-state index in [1.807, 2.05) is 0 Å². The van der Waals surface area contributed by atoms with E-state index in [1.54, 1.807) is 7.05 Å². The van der Waals surface area contributed by atoms with E-state index in [0.717, 1.165) is 19.3 Å². The molecular weight excluding hydrogens is 368 g/mol. The van der Waals surface area contributed by atoms with Crippen molar-refractivity contribution in [2.45, 2.75) is 49.5 Å². The van der Waals surface area contributed by atoms with Gasteiger partial charge in [-0.05, 0) is 25.0 Å². The molecule has 0 aliphatic heterocycles. The molecule has 1 aromatic carbocycles. The minimum absolute atomic E-state index is 0.0949. The molecule has 8 heteroatoms. The smallest absolute Gasteiger partial charge is 0.339 e. The summed E-state index contributed by atoms with van der Waals surface area (Å²) >= 11 is 0. The van der Waals surface area contributed by atoms with Crippen LogP contribution in [0.25, 0.3) is 0 Å². The molecule has 0 N–H and O–H groups in total. The average molecular weight is 392 g/mol. The Kier molecular flexibility index (Phi) is 6.60. The van der Waals surface area contributed by atoms with Crippen molar-refractivity contribution < 1.29 is 22.7 Å². The number of amides is 1. The highest BCUT2D eigenvalue weighted by Crippen LogP contribution is 2.32. The van der Waals surface area contributed by atoms with Gasteiger partial charge in [0.05, 0.1) is 22.3 Å². The first-order valence-electron chi connectivity index (χ1n) is 8.94. The molecule has 0 unspecified atom stereocenters. The lowest BCUT2D eigenvalue weighted by Crippen LogP contribution is -2.51. The highest BCUT2D eigenvalue weighted by molar-refractivity contribution is 7.91. The number of ether oxygens (including phenoxy) is 1. The topological polar surface area (TPSA) is 105 Å². The van der Waals surface area contributed by atoms with Crippen molar-refractivity contribution >= 4 is 21.7 Å². The third-order valence-electron chi connectivity index (χ3n) is 5.05. The Bertz CT molecular complexity index is 851. The number of hydrogen-bond acceptors (Lipinski definition) is 6. The lowest BCUT2D eigenvalue weighted by Gasteiger charge is -2.38. The van der Waals surface area contributed by atoms with Crippen LogP contribution in [0, 0.1) is 11.3 Å². The molecule has 0 saturated heterocycles. The molecule has 1 aliphatic rings. The second-order valence-corrected chi connectivity index (χ2v) is 8.88. The highest BCUT2D eigenvalue weighted by Gasteiger charge is 2.39. The largest absolute Gasteiger partial charge is 0.452 e. The molecule has 0 radical (unpaired) electrons. The summed E-state index contributed by atoms with van der Waals surface area (Å²) in [6.45, 7) is 0.945. The second kappa shape index (κ2) is 8.53. The van der Waals surface area contributed by atoms with Gasteiger partial charge in [-0.25, -0.2) is 13.2 Å². The lowest BCUT2D eigenvalue weighted by molar-refractivity contribution is -0.138. The predicted molar refractivity (Wildman–Crippen MR) is 98.7 cm³/mol. The van der Waals surface area contributed by atoms with Gasteiger partial charge in [0.1, 0.15) is 5.54 Å². The zero-order valence-electron chi connectivity index (χ0n) is 15.6. The molecule has 0 atom stereocenters. The van der Waals surface area contributed by atoms with E-state index in [1.165, 1.54) is 36.1 Å². The maximum atomic E-state index is 12.5. The normalized spacial score (nSPS) is 16.2. The van der Waals surface area contributed by atoms with E-state index < -0.39 is 33.9 Å². The van der Waals surface area contributed by atoms with Crippen LogP contribution in [0.3, 0.4) is 0 Å². The fourth-order valence-corrected chi connectivity index (χ4v) is 4.34. The van der Waals surface area contributed by atoms with Gasteiger partial charge >= 0.3 is 5.97 Å². The van der Waals surface area contributed by atoms with Gasteiger partial charge in [0.2, 0.25) is 0 Å². The summed E-state index contributed by atoms with van der Waals surface area (Å²) in [5, 5.41) is 9.55. The Morgan fingerprint density at radius 3 is 2.44 bits per heavy atom. The molecule has 7 nitrogen and oxygen atoms in total. The van der Waals surface area contributed by atoms with Crippen molar-refractivity contribution in [3.63, 3.8) is 0 Å². The third kappa shape index (κ3) is 4.48.